The number of fused-ring (bicyclic) bond motifs is 2. The third-order valence-electron chi connectivity index (χ3n) is 6.72. The monoisotopic (exact) mass is 670 g/mol. The van der Waals surface area contributed by atoms with Crippen molar-refractivity contribution in [3.8, 4) is 0 Å². The standard InChI is InChI=1S/C12H8O4.C10H5NO7.C7H9NO6/c13-11(14)9-5-1-3-7-8(9)4-2-6-10(7)12(15)16;12-8(13)3-1-4(9(14)15)6-5(2-3)18-7(11-6)10(16)17;9-5(10)3-1-4(6(11)12)8(2-3)7(13)14/h1-6H,(H,13,14)(H,15,16);1-2H,(H,12,13)(H,14,15)(H,16,17);3-4H,1-2H2,(H,9,10)(H,11,12)(H,13,14). The first-order valence-corrected chi connectivity index (χ1v) is 13.0. The normalized spacial score (nSPS) is 15.0. The second-order valence-electron chi connectivity index (χ2n) is 9.68. The smallest absolute Gasteiger partial charge is 0.408 e. The highest BCUT2D eigenvalue weighted by molar-refractivity contribution is 6.10. The Kier molecular flexibility index (Phi) is 10.6. The van der Waals surface area contributed by atoms with E-state index in [-0.39, 0.29) is 40.8 Å². The van der Waals surface area contributed by atoms with Gasteiger partial charge in [-0.1, -0.05) is 24.3 Å². The molecule has 1 fully saturated rings. The Morgan fingerprint density at radius 3 is 1.54 bits per heavy atom. The molecule has 1 aliphatic rings. The van der Waals surface area contributed by atoms with Crippen LogP contribution in [0.3, 0.4) is 0 Å². The van der Waals surface area contributed by atoms with Crippen LogP contribution in [0.2, 0.25) is 0 Å². The van der Waals surface area contributed by atoms with Crippen LogP contribution >= 0.6 is 0 Å². The summed E-state index contributed by atoms with van der Waals surface area (Å²) in [6.07, 6.45) is -1.57. The maximum Gasteiger partial charge on any atom is 0.408 e. The molecule has 0 bridgehead atoms. The number of carbonyl (C=O) groups is 8. The first-order chi connectivity index (χ1) is 22.4. The lowest BCUT2D eigenvalue weighted by Crippen LogP contribution is -2.39. The number of aromatic nitrogens is 1. The van der Waals surface area contributed by atoms with Gasteiger partial charge in [-0.2, -0.15) is 0 Å². The van der Waals surface area contributed by atoms with E-state index < -0.39 is 71.3 Å². The number of aromatic carboxylic acids is 5. The summed E-state index contributed by atoms with van der Waals surface area (Å²) >= 11 is 0. The Balaban J connectivity index is 0.000000197. The summed E-state index contributed by atoms with van der Waals surface area (Å²) in [5.41, 5.74) is -0.940. The van der Waals surface area contributed by atoms with Crippen LogP contribution < -0.4 is 0 Å². The van der Waals surface area contributed by atoms with Crippen LogP contribution in [-0.2, 0) is 9.59 Å². The molecule has 250 valence electrons. The molecule has 48 heavy (non-hydrogen) atoms. The molecule has 0 spiro atoms. The van der Waals surface area contributed by atoms with Crippen molar-refractivity contribution in [2.75, 3.05) is 6.54 Å². The zero-order valence-electron chi connectivity index (χ0n) is 23.8. The van der Waals surface area contributed by atoms with Crippen molar-refractivity contribution in [3.63, 3.8) is 0 Å². The molecule has 2 atom stereocenters. The lowest BCUT2D eigenvalue weighted by Gasteiger charge is -2.16. The minimum Gasteiger partial charge on any atom is -0.481 e. The van der Waals surface area contributed by atoms with E-state index in [2.05, 4.69) is 4.98 Å². The first kappa shape index (κ1) is 35.4. The fourth-order valence-electron chi connectivity index (χ4n) is 4.55. The van der Waals surface area contributed by atoms with Gasteiger partial charge in [0, 0.05) is 6.54 Å². The molecule has 0 radical (unpaired) electrons. The molecule has 1 amide bonds. The summed E-state index contributed by atoms with van der Waals surface area (Å²) in [6, 6.07) is 9.86. The minimum absolute atomic E-state index is 0.112. The third kappa shape index (κ3) is 7.77. The zero-order chi connectivity index (χ0) is 36.0. The fraction of sp³-hybridized carbons (Fsp3) is 0.138. The number of likely N-dealkylation sites (tertiary alicyclic amines) is 1. The van der Waals surface area contributed by atoms with E-state index in [0.717, 1.165) is 12.1 Å². The molecule has 1 aromatic heterocycles. The van der Waals surface area contributed by atoms with Crippen LogP contribution in [0.1, 0.15) is 58.5 Å². The lowest BCUT2D eigenvalue weighted by molar-refractivity contribution is -0.141. The average molecular weight is 670 g/mol. The van der Waals surface area contributed by atoms with Gasteiger partial charge in [0.15, 0.2) is 5.58 Å². The number of nitrogens with zero attached hydrogens (tertiary/aromatic N) is 2. The van der Waals surface area contributed by atoms with Crippen LogP contribution in [0, 0.1) is 5.92 Å². The highest BCUT2D eigenvalue weighted by Crippen LogP contribution is 2.25. The number of amides is 1. The molecule has 19 nitrogen and oxygen atoms in total. The molecule has 4 aromatic rings. The maximum absolute atomic E-state index is 10.9. The summed E-state index contributed by atoms with van der Waals surface area (Å²) < 4.78 is 4.77. The Morgan fingerprint density at radius 2 is 1.17 bits per heavy atom. The van der Waals surface area contributed by atoms with Crippen LogP contribution in [0.15, 0.2) is 52.9 Å². The summed E-state index contributed by atoms with van der Waals surface area (Å²) in [6.45, 7) is -0.262. The van der Waals surface area contributed by atoms with E-state index in [1.54, 1.807) is 12.1 Å². The average Bonchev–Trinajstić information content (AvgIpc) is 3.66. The first-order valence-electron chi connectivity index (χ1n) is 13.0. The number of carboxylic acid groups (broad SMARTS) is 8. The quantitative estimate of drug-likeness (QED) is 0.140. The van der Waals surface area contributed by atoms with Crippen molar-refractivity contribution in [3.05, 3.63) is 76.7 Å². The molecule has 5 rings (SSSR count). The van der Waals surface area contributed by atoms with Crippen LogP contribution in [0.4, 0.5) is 4.79 Å². The molecule has 0 saturated carbocycles. The van der Waals surface area contributed by atoms with E-state index in [4.69, 9.17) is 45.3 Å². The molecular formula is C29H22N2O17. The highest BCUT2D eigenvalue weighted by Gasteiger charge is 2.42. The van der Waals surface area contributed by atoms with Crippen LogP contribution in [0.25, 0.3) is 21.9 Å². The predicted octanol–water partition coefficient (Wildman–Crippen LogP) is 2.68. The van der Waals surface area contributed by atoms with Crippen molar-refractivity contribution >= 4 is 69.8 Å². The van der Waals surface area contributed by atoms with Crippen molar-refractivity contribution < 1.29 is 83.6 Å². The number of oxazole rings is 1. The SMILES string of the molecule is O=C(O)C1CC(C(=O)O)N(C(=O)O)C1.O=C(O)c1cc(C(=O)O)c2nc(C(=O)O)oc2c1.O=C(O)c1cccc2c(C(=O)O)cccc12. The second kappa shape index (κ2) is 14.4. The van der Waals surface area contributed by atoms with E-state index in [1.807, 2.05) is 0 Å². The number of hydrogen-bond donors (Lipinski definition) is 8. The van der Waals surface area contributed by atoms with E-state index >= 15 is 0 Å². The van der Waals surface area contributed by atoms with Gasteiger partial charge in [0.2, 0.25) is 0 Å². The molecule has 8 N–H and O–H groups in total. The van der Waals surface area contributed by atoms with Crippen molar-refractivity contribution in [1.82, 2.24) is 9.88 Å². The topological polar surface area (TPSA) is 328 Å². The molecular weight excluding hydrogens is 648 g/mol. The van der Waals surface area contributed by atoms with Gasteiger partial charge in [0.05, 0.1) is 28.2 Å². The number of benzene rings is 3. The van der Waals surface area contributed by atoms with Crippen molar-refractivity contribution in [1.29, 1.82) is 0 Å². The van der Waals surface area contributed by atoms with Gasteiger partial charge in [-0.25, -0.2) is 38.5 Å². The molecule has 2 heterocycles. The van der Waals surface area contributed by atoms with Crippen LogP contribution in [-0.4, -0.2) is 111 Å². The number of rotatable bonds is 7. The molecule has 3 aromatic carbocycles. The number of aliphatic carboxylic acids is 2. The molecule has 1 saturated heterocycles. The lowest BCUT2D eigenvalue weighted by atomic mass is 10.0. The fourth-order valence-corrected chi connectivity index (χ4v) is 4.55. The third-order valence-corrected chi connectivity index (χ3v) is 6.72. The van der Waals surface area contributed by atoms with Crippen molar-refractivity contribution in [2.24, 2.45) is 5.92 Å². The summed E-state index contributed by atoms with van der Waals surface area (Å²) in [4.78, 5) is 90.1. The Hall–Kier alpha value is -7.05. The van der Waals surface area contributed by atoms with Crippen molar-refractivity contribution in [2.45, 2.75) is 12.5 Å². The Labute approximate surface area is 265 Å². The molecule has 0 aliphatic carbocycles. The van der Waals surface area contributed by atoms with E-state index in [9.17, 15) is 38.4 Å². The molecule has 1 aliphatic heterocycles. The highest BCUT2D eigenvalue weighted by atomic mass is 16.4. The zero-order valence-corrected chi connectivity index (χ0v) is 23.8. The summed E-state index contributed by atoms with van der Waals surface area (Å²) in [7, 11) is 0. The van der Waals surface area contributed by atoms with E-state index in [1.165, 1.54) is 24.3 Å². The van der Waals surface area contributed by atoms with Gasteiger partial charge in [-0.05, 0) is 41.5 Å². The number of hydrogen-bond acceptors (Lipinski definition) is 10. The minimum atomic E-state index is -1.47. The summed E-state index contributed by atoms with van der Waals surface area (Å²) in [5, 5.41) is 71.0. The second-order valence-corrected chi connectivity index (χ2v) is 9.68. The van der Waals surface area contributed by atoms with Gasteiger partial charge in [0.25, 0.3) is 0 Å². The van der Waals surface area contributed by atoms with E-state index in [0.29, 0.717) is 15.7 Å². The number of carboxylic acids is 7. The molecule has 19 heteroatoms. The predicted molar refractivity (Wildman–Crippen MR) is 155 cm³/mol. The van der Waals surface area contributed by atoms with Gasteiger partial charge >= 0.3 is 53.8 Å². The Bertz CT molecular complexity index is 1920. The van der Waals surface area contributed by atoms with Gasteiger partial charge in [-0.15, -0.1) is 0 Å². The van der Waals surface area contributed by atoms with Gasteiger partial charge < -0.3 is 45.3 Å². The largest absolute Gasteiger partial charge is 0.481 e. The van der Waals surface area contributed by atoms with Gasteiger partial charge in [-0.3, -0.25) is 9.69 Å². The summed E-state index contributed by atoms with van der Waals surface area (Å²) in [5.74, 6) is -10.5. The Morgan fingerprint density at radius 1 is 0.646 bits per heavy atom. The maximum atomic E-state index is 10.9. The van der Waals surface area contributed by atoms with Gasteiger partial charge in [0.1, 0.15) is 11.6 Å². The van der Waals surface area contributed by atoms with Crippen LogP contribution in [0.5, 0.6) is 0 Å². The molecule has 2 unspecified atom stereocenters.